The first kappa shape index (κ1) is 14.2. The van der Waals surface area contributed by atoms with Crippen LogP contribution in [0.4, 0.5) is 11.5 Å². The quantitative estimate of drug-likeness (QED) is 0.498. The zero-order valence-electron chi connectivity index (χ0n) is 11.0. The largest absolute Gasteiger partial charge is 0.477 e. The predicted molar refractivity (Wildman–Crippen MR) is 73.0 cm³/mol. The highest BCUT2D eigenvalue weighted by Crippen LogP contribution is 2.26. The number of nitrogens with one attached hydrogen (secondary N) is 1. The maximum absolute atomic E-state index is 11.0. The Balaban J connectivity index is 2.24. The van der Waals surface area contributed by atoms with Crippen LogP contribution in [0.2, 0.25) is 0 Å². The van der Waals surface area contributed by atoms with Crippen molar-refractivity contribution in [3.8, 4) is 0 Å². The van der Waals surface area contributed by atoms with Crippen LogP contribution in [0.1, 0.15) is 49.0 Å². The molecule has 1 aliphatic rings. The third kappa shape index (κ3) is 3.43. The van der Waals surface area contributed by atoms with Gasteiger partial charge >= 0.3 is 11.7 Å². The first-order valence-corrected chi connectivity index (χ1v) is 6.73. The van der Waals surface area contributed by atoms with E-state index < -0.39 is 10.9 Å². The third-order valence-electron chi connectivity index (χ3n) is 3.49. The lowest BCUT2D eigenvalue weighted by Crippen LogP contribution is -2.20. The number of hydrogen-bond donors (Lipinski definition) is 2. The van der Waals surface area contributed by atoms with Crippen LogP contribution in [0.3, 0.4) is 0 Å². The van der Waals surface area contributed by atoms with E-state index >= 15 is 0 Å². The molecule has 0 atom stereocenters. The highest BCUT2D eigenvalue weighted by molar-refractivity contribution is 5.86. The van der Waals surface area contributed by atoms with E-state index in [0.29, 0.717) is 0 Å². The summed E-state index contributed by atoms with van der Waals surface area (Å²) >= 11 is 0. The third-order valence-corrected chi connectivity index (χ3v) is 3.49. The lowest BCUT2D eigenvalue weighted by atomic mass is 10.1. The van der Waals surface area contributed by atoms with Crippen LogP contribution in [-0.2, 0) is 0 Å². The summed E-state index contributed by atoms with van der Waals surface area (Å²) in [7, 11) is 0. The average Bonchev–Trinajstić information content (AvgIpc) is 2.67. The van der Waals surface area contributed by atoms with Gasteiger partial charge in [-0.15, -0.1) is 0 Å². The first-order chi connectivity index (χ1) is 9.58. The van der Waals surface area contributed by atoms with Gasteiger partial charge in [-0.2, -0.15) is 0 Å². The topological polar surface area (TPSA) is 105 Å². The lowest BCUT2D eigenvalue weighted by molar-refractivity contribution is -0.384. The van der Waals surface area contributed by atoms with Crippen molar-refractivity contribution in [1.29, 1.82) is 0 Å². The molecule has 1 aromatic rings. The molecular weight excluding hydrogens is 262 g/mol. The summed E-state index contributed by atoms with van der Waals surface area (Å²) in [6.07, 6.45) is 6.34. The van der Waals surface area contributed by atoms with E-state index in [1.54, 1.807) is 0 Å². The van der Waals surface area contributed by atoms with E-state index in [1.165, 1.54) is 18.9 Å². The van der Waals surface area contributed by atoms with E-state index in [-0.39, 0.29) is 23.2 Å². The van der Waals surface area contributed by atoms with E-state index in [1.807, 2.05) is 0 Å². The van der Waals surface area contributed by atoms with E-state index in [4.69, 9.17) is 5.11 Å². The molecule has 0 bridgehead atoms. The second-order valence-electron chi connectivity index (χ2n) is 4.96. The maximum Gasteiger partial charge on any atom is 0.354 e. The maximum atomic E-state index is 11.0. The van der Waals surface area contributed by atoms with E-state index in [0.717, 1.165) is 31.7 Å². The van der Waals surface area contributed by atoms with Crippen molar-refractivity contribution in [2.24, 2.45) is 0 Å². The smallest absolute Gasteiger partial charge is 0.354 e. The number of nitro groups is 1. The van der Waals surface area contributed by atoms with Crippen molar-refractivity contribution < 1.29 is 14.8 Å². The number of anilines is 1. The Labute approximate surface area is 116 Å². The summed E-state index contributed by atoms with van der Waals surface area (Å²) in [6, 6.07) is 2.46. The highest BCUT2D eigenvalue weighted by atomic mass is 16.6. The Morgan fingerprint density at radius 1 is 1.30 bits per heavy atom. The number of carboxylic acids is 1. The summed E-state index contributed by atoms with van der Waals surface area (Å²) in [5.41, 5.74) is -0.369. The fraction of sp³-hybridized carbons (Fsp3) is 0.538. The van der Waals surface area contributed by atoms with Gasteiger partial charge in [-0.1, -0.05) is 25.7 Å². The number of aromatic nitrogens is 1. The number of pyridine rings is 1. The number of carbonyl (C=O) groups is 1. The van der Waals surface area contributed by atoms with Gasteiger partial charge in [0, 0.05) is 12.1 Å². The van der Waals surface area contributed by atoms with Crippen LogP contribution in [0.15, 0.2) is 12.1 Å². The number of aromatic carboxylic acids is 1. The molecule has 1 aromatic heterocycles. The van der Waals surface area contributed by atoms with Gasteiger partial charge < -0.3 is 10.4 Å². The minimum absolute atomic E-state index is 0.0572. The van der Waals surface area contributed by atoms with Gasteiger partial charge in [0.05, 0.1) is 4.92 Å². The summed E-state index contributed by atoms with van der Waals surface area (Å²) in [5.74, 6) is -1.13. The minimum atomic E-state index is -1.19. The zero-order valence-corrected chi connectivity index (χ0v) is 11.0. The van der Waals surface area contributed by atoms with Crippen molar-refractivity contribution in [3.63, 3.8) is 0 Å². The average molecular weight is 279 g/mol. The molecule has 2 N–H and O–H groups in total. The number of hydrogen-bond acceptors (Lipinski definition) is 5. The molecule has 2 rings (SSSR count). The zero-order chi connectivity index (χ0) is 14.5. The molecule has 7 heteroatoms. The van der Waals surface area contributed by atoms with Crippen molar-refractivity contribution in [1.82, 2.24) is 4.98 Å². The monoisotopic (exact) mass is 279 g/mol. The standard InChI is InChI=1S/C13H17N3O4/c17-13(18)10-7-8-11(16(19)20)12(15-10)14-9-5-3-1-2-4-6-9/h7-9H,1-6H2,(H,14,15)(H,17,18). The molecule has 1 saturated carbocycles. The minimum Gasteiger partial charge on any atom is -0.477 e. The second-order valence-corrected chi connectivity index (χ2v) is 4.96. The molecule has 0 aliphatic heterocycles. The van der Waals surface area contributed by atoms with Gasteiger partial charge in [0.2, 0.25) is 5.82 Å². The number of rotatable bonds is 4. The van der Waals surface area contributed by atoms with Crippen LogP contribution in [0, 0.1) is 10.1 Å². The SMILES string of the molecule is O=C(O)c1ccc([N+](=O)[O-])c(NC2CCCCCC2)n1. The van der Waals surface area contributed by atoms with Gasteiger partial charge in [0.25, 0.3) is 0 Å². The van der Waals surface area contributed by atoms with Gasteiger partial charge in [-0.05, 0) is 18.9 Å². The molecule has 0 radical (unpaired) electrons. The molecular formula is C13H17N3O4. The molecule has 1 fully saturated rings. The Bertz CT molecular complexity index is 510. The normalized spacial score (nSPS) is 16.4. The molecule has 0 saturated heterocycles. The molecule has 1 heterocycles. The van der Waals surface area contributed by atoms with Crippen LogP contribution >= 0.6 is 0 Å². The van der Waals surface area contributed by atoms with Gasteiger partial charge in [0.1, 0.15) is 0 Å². The number of carboxylic acid groups (broad SMARTS) is 1. The van der Waals surface area contributed by atoms with Gasteiger partial charge in [-0.3, -0.25) is 10.1 Å². The lowest BCUT2D eigenvalue weighted by Gasteiger charge is -2.16. The molecule has 108 valence electrons. The first-order valence-electron chi connectivity index (χ1n) is 6.73. The van der Waals surface area contributed by atoms with Gasteiger partial charge in [0.15, 0.2) is 5.69 Å². The fourth-order valence-corrected chi connectivity index (χ4v) is 2.44. The molecule has 0 aromatic carbocycles. The molecule has 7 nitrogen and oxygen atoms in total. The molecule has 1 aliphatic carbocycles. The predicted octanol–water partition coefficient (Wildman–Crippen LogP) is 2.82. The molecule has 0 unspecified atom stereocenters. The van der Waals surface area contributed by atoms with Crippen molar-refractivity contribution in [3.05, 3.63) is 27.9 Å². The molecule has 0 spiro atoms. The van der Waals surface area contributed by atoms with Crippen molar-refractivity contribution >= 4 is 17.5 Å². The second kappa shape index (κ2) is 6.31. The Morgan fingerprint density at radius 2 is 1.95 bits per heavy atom. The summed E-state index contributed by atoms with van der Waals surface area (Å²) < 4.78 is 0. The Morgan fingerprint density at radius 3 is 2.50 bits per heavy atom. The summed E-state index contributed by atoms with van der Waals surface area (Å²) in [4.78, 5) is 25.2. The number of nitrogens with zero attached hydrogens (tertiary/aromatic N) is 2. The summed E-state index contributed by atoms with van der Waals surface area (Å²) in [5, 5.41) is 23.0. The summed E-state index contributed by atoms with van der Waals surface area (Å²) in [6.45, 7) is 0. The van der Waals surface area contributed by atoms with Crippen LogP contribution in [0.5, 0.6) is 0 Å². The molecule has 20 heavy (non-hydrogen) atoms. The van der Waals surface area contributed by atoms with E-state index in [2.05, 4.69) is 10.3 Å². The Hall–Kier alpha value is -2.18. The van der Waals surface area contributed by atoms with Gasteiger partial charge in [-0.25, -0.2) is 9.78 Å². The van der Waals surface area contributed by atoms with Crippen LogP contribution in [0.25, 0.3) is 0 Å². The van der Waals surface area contributed by atoms with Crippen molar-refractivity contribution in [2.45, 2.75) is 44.6 Å². The van der Waals surface area contributed by atoms with Crippen LogP contribution in [-0.4, -0.2) is 27.0 Å². The van der Waals surface area contributed by atoms with Crippen molar-refractivity contribution in [2.75, 3.05) is 5.32 Å². The van der Waals surface area contributed by atoms with E-state index in [9.17, 15) is 14.9 Å². The highest BCUT2D eigenvalue weighted by Gasteiger charge is 2.21. The fourth-order valence-electron chi connectivity index (χ4n) is 2.44. The molecule has 0 amide bonds. The van der Waals surface area contributed by atoms with Crippen LogP contribution < -0.4 is 5.32 Å². The Kier molecular flexibility index (Phi) is 4.49.